The van der Waals surface area contributed by atoms with Gasteiger partial charge < -0.3 is 20.1 Å². The Hall–Kier alpha value is -4.38. The molecule has 0 unspecified atom stereocenters. The Kier molecular flexibility index (Phi) is 6.78. The summed E-state index contributed by atoms with van der Waals surface area (Å²) in [5.41, 5.74) is 2.61. The summed E-state index contributed by atoms with van der Waals surface area (Å²) >= 11 is 0. The molecule has 0 atom stereocenters. The molecule has 10 nitrogen and oxygen atoms in total. The van der Waals surface area contributed by atoms with E-state index in [9.17, 15) is 13.2 Å². The van der Waals surface area contributed by atoms with Gasteiger partial charge >= 0.3 is 0 Å². The smallest absolute Gasteiger partial charge is 0.263 e. The highest BCUT2D eigenvalue weighted by Gasteiger charge is 2.21. The van der Waals surface area contributed by atoms with E-state index >= 15 is 0 Å². The maximum Gasteiger partial charge on any atom is 0.263 e. The Bertz CT molecular complexity index is 1540. The van der Waals surface area contributed by atoms with Crippen LogP contribution in [0.15, 0.2) is 71.6 Å². The standard InChI is InChI=1S/C26H25N5O5S/c1-17(32)28-19-7-9-20(10-8-19)37(33,34)31-26-25(27-12-11-18-5-3-2-4-6-18)29-21-15-23-24(16-22(21)30-26)36-14-13-35-23/h2-10,15-16H,11-14H2,1H3,(H,27,29)(H,28,32)(H,30,31). The highest BCUT2D eigenvalue weighted by molar-refractivity contribution is 7.92. The molecular weight excluding hydrogens is 494 g/mol. The summed E-state index contributed by atoms with van der Waals surface area (Å²) in [5, 5.41) is 5.83. The van der Waals surface area contributed by atoms with Crippen molar-refractivity contribution in [1.82, 2.24) is 9.97 Å². The van der Waals surface area contributed by atoms with Crippen LogP contribution < -0.4 is 24.8 Å². The molecule has 3 N–H and O–H groups in total. The zero-order chi connectivity index (χ0) is 25.8. The molecule has 4 aromatic rings. The lowest BCUT2D eigenvalue weighted by atomic mass is 10.1. The average molecular weight is 520 g/mol. The molecule has 1 aliphatic heterocycles. The molecule has 5 rings (SSSR count). The molecule has 0 fully saturated rings. The molecular formula is C26H25N5O5S. The van der Waals surface area contributed by atoms with Crippen LogP contribution >= 0.6 is 0 Å². The molecule has 0 saturated heterocycles. The van der Waals surface area contributed by atoms with Crippen LogP contribution in [0.1, 0.15) is 12.5 Å². The molecule has 0 spiro atoms. The van der Waals surface area contributed by atoms with Crippen molar-refractivity contribution in [3.05, 3.63) is 72.3 Å². The summed E-state index contributed by atoms with van der Waals surface area (Å²) in [6.45, 7) is 2.74. The molecule has 0 radical (unpaired) electrons. The van der Waals surface area contributed by atoms with Gasteiger partial charge in [-0.3, -0.25) is 9.52 Å². The zero-order valence-corrected chi connectivity index (χ0v) is 20.8. The largest absolute Gasteiger partial charge is 0.486 e. The predicted molar refractivity (Wildman–Crippen MR) is 141 cm³/mol. The first kappa shape index (κ1) is 24.3. The van der Waals surface area contributed by atoms with E-state index in [2.05, 4.69) is 25.3 Å². The van der Waals surface area contributed by atoms with Crippen LogP contribution in [0.25, 0.3) is 11.0 Å². The topological polar surface area (TPSA) is 132 Å². The second-order valence-electron chi connectivity index (χ2n) is 8.38. The van der Waals surface area contributed by atoms with Crippen LogP contribution in [0.5, 0.6) is 11.5 Å². The number of hydrogen-bond donors (Lipinski definition) is 3. The van der Waals surface area contributed by atoms with Gasteiger partial charge in [-0.2, -0.15) is 0 Å². The van der Waals surface area contributed by atoms with Crippen LogP contribution in [0.2, 0.25) is 0 Å². The van der Waals surface area contributed by atoms with Crippen molar-refractivity contribution in [3.8, 4) is 11.5 Å². The predicted octanol–water partition coefficient (Wildman–Crippen LogP) is 3.81. The van der Waals surface area contributed by atoms with Crippen molar-refractivity contribution in [2.75, 3.05) is 35.1 Å². The van der Waals surface area contributed by atoms with Gasteiger partial charge in [0.25, 0.3) is 10.0 Å². The minimum Gasteiger partial charge on any atom is -0.486 e. The van der Waals surface area contributed by atoms with Crippen molar-refractivity contribution in [2.24, 2.45) is 0 Å². The Morgan fingerprint density at radius 2 is 1.51 bits per heavy atom. The van der Waals surface area contributed by atoms with Crippen molar-refractivity contribution in [2.45, 2.75) is 18.2 Å². The van der Waals surface area contributed by atoms with Crippen molar-refractivity contribution in [1.29, 1.82) is 0 Å². The van der Waals surface area contributed by atoms with Crippen LogP contribution in [-0.4, -0.2) is 44.1 Å². The fourth-order valence-electron chi connectivity index (χ4n) is 3.86. The molecule has 3 aromatic carbocycles. The van der Waals surface area contributed by atoms with Gasteiger partial charge in [0.2, 0.25) is 5.91 Å². The third-order valence-corrected chi connectivity index (χ3v) is 6.95. The van der Waals surface area contributed by atoms with Crippen LogP contribution in [0.4, 0.5) is 17.3 Å². The fourth-order valence-corrected chi connectivity index (χ4v) is 4.87. The number of rotatable bonds is 8. The van der Waals surface area contributed by atoms with E-state index in [1.807, 2.05) is 30.3 Å². The third-order valence-electron chi connectivity index (χ3n) is 5.59. The van der Waals surface area contributed by atoms with Crippen LogP contribution in [-0.2, 0) is 21.2 Å². The maximum atomic E-state index is 13.2. The lowest BCUT2D eigenvalue weighted by Crippen LogP contribution is -2.18. The zero-order valence-electron chi connectivity index (χ0n) is 20.0. The number of nitrogens with zero attached hydrogens (tertiary/aromatic N) is 2. The average Bonchev–Trinajstić information content (AvgIpc) is 2.88. The molecule has 11 heteroatoms. The fraction of sp³-hybridized carbons (Fsp3) is 0.192. The monoisotopic (exact) mass is 519 g/mol. The Morgan fingerprint density at radius 1 is 0.892 bits per heavy atom. The summed E-state index contributed by atoms with van der Waals surface area (Å²) in [6, 6.07) is 19.2. The number of amides is 1. The summed E-state index contributed by atoms with van der Waals surface area (Å²) in [4.78, 5) is 20.5. The Balaban J connectivity index is 1.46. The van der Waals surface area contributed by atoms with Crippen molar-refractivity contribution < 1.29 is 22.7 Å². The first-order valence-electron chi connectivity index (χ1n) is 11.7. The molecule has 190 valence electrons. The molecule has 1 aromatic heterocycles. The summed E-state index contributed by atoms with van der Waals surface area (Å²) < 4.78 is 40.3. The number of aromatic nitrogens is 2. The number of carbonyl (C=O) groups is 1. The van der Waals surface area contributed by atoms with E-state index in [-0.39, 0.29) is 16.6 Å². The Morgan fingerprint density at radius 3 is 2.14 bits per heavy atom. The minimum absolute atomic E-state index is 0.0147. The number of ether oxygens (including phenoxy) is 2. The summed E-state index contributed by atoms with van der Waals surface area (Å²) in [6.07, 6.45) is 0.707. The van der Waals surface area contributed by atoms with E-state index in [4.69, 9.17) is 9.47 Å². The Labute approximate surface area is 214 Å². The van der Waals surface area contributed by atoms with Gasteiger partial charge in [0.15, 0.2) is 23.1 Å². The van der Waals surface area contributed by atoms with Gasteiger partial charge in [0.1, 0.15) is 13.2 Å². The summed E-state index contributed by atoms with van der Waals surface area (Å²) in [5.74, 6) is 1.20. The van der Waals surface area contributed by atoms with Gasteiger partial charge in [-0.05, 0) is 36.2 Å². The number of sulfonamides is 1. The number of fused-ring (bicyclic) bond motifs is 2. The number of benzene rings is 3. The normalized spacial score (nSPS) is 12.7. The first-order chi connectivity index (χ1) is 17.9. The van der Waals surface area contributed by atoms with Gasteiger partial charge in [0, 0.05) is 31.3 Å². The maximum absolute atomic E-state index is 13.2. The summed E-state index contributed by atoms with van der Waals surface area (Å²) in [7, 11) is -4.01. The van der Waals surface area contributed by atoms with Crippen molar-refractivity contribution in [3.63, 3.8) is 0 Å². The molecule has 37 heavy (non-hydrogen) atoms. The molecule has 1 aliphatic rings. The lowest BCUT2D eigenvalue weighted by Gasteiger charge is -2.19. The molecule has 2 heterocycles. The second kappa shape index (κ2) is 10.3. The number of carbonyl (C=O) groups excluding carboxylic acids is 1. The SMILES string of the molecule is CC(=O)Nc1ccc(S(=O)(=O)Nc2nc3cc4c(cc3nc2NCCc2ccccc2)OCCO4)cc1. The lowest BCUT2D eigenvalue weighted by molar-refractivity contribution is -0.114. The number of nitrogens with one attached hydrogen (secondary N) is 3. The van der Waals surface area contributed by atoms with E-state index in [0.717, 1.165) is 5.56 Å². The highest BCUT2D eigenvalue weighted by atomic mass is 32.2. The minimum atomic E-state index is -4.01. The highest BCUT2D eigenvalue weighted by Crippen LogP contribution is 2.35. The van der Waals surface area contributed by atoms with Crippen LogP contribution in [0, 0.1) is 0 Å². The van der Waals surface area contributed by atoms with Gasteiger partial charge in [0.05, 0.1) is 15.9 Å². The number of hydrogen-bond acceptors (Lipinski definition) is 8. The first-order valence-corrected chi connectivity index (χ1v) is 13.2. The van der Waals surface area contributed by atoms with E-state index in [0.29, 0.717) is 60.2 Å². The number of anilines is 3. The molecule has 0 aliphatic carbocycles. The van der Waals surface area contributed by atoms with Crippen molar-refractivity contribution >= 4 is 44.3 Å². The second-order valence-corrected chi connectivity index (χ2v) is 10.1. The van der Waals surface area contributed by atoms with Gasteiger partial charge in [-0.1, -0.05) is 30.3 Å². The molecule has 0 bridgehead atoms. The third kappa shape index (κ3) is 5.72. The van der Waals surface area contributed by atoms with E-state index in [1.54, 1.807) is 12.1 Å². The van der Waals surface area contributed by atoms with Crippen LogP contribution in [0.3, 0.4) is 0 Å². The molecule has 0 saturated carbocycles. The van der Waals surface area contributed by atoms with E-state index in [1.165, 1.54) is 31.2 Å². The van der Waals surface area contributed by atoms with E-state index < -0.39 is 10.0 Å². The van der Waals surface area contributed by atoms with Gasteiger partial charge in [-0.15, -0.1) is 0 Å². The van der Waals surface area contributed by atoms with Gasteiger partial charge in [-0.25, -0.2) is 18.4 Å². The molecule has 1 amide bonds. The quantitative estimate of drug-likeness (QED) is 0.320.